The summed E-state index contributed by atoms with van der Waals surface area (Å²) in [4.78, 5) is 24.1. The van der Waals surface area contributed by atoms with E-state index in [0.717, 1.165) is 11.0 Å². The Morgan fingerprint density at radius 3 is 2.33 bits per heavy atom. The van der Waals surface area contributed by atoms with Crippen molar-refractivity contribution in [3.63, 3.8) is 0 Å². The first kappa shape index (κ1) is 20.5. The van der Waals surface area contributed by atoms with E-state index in [2.05, 4.69) is 4.72 Å². The quantitative estimate of drug-likeness (QED) is 0.556. The first-order chi connectivity index (χ1) is 12.8. The summed E-state index contributed by atoms with van der Waals surface area (Å²) in [5.41, 5.74) is 2.14. The van der Waals surface area contributed by atoms with E-state index >= 15 is 0 Å². The zero-order valence-corrected chi connectivity index (χ0v) is 15.9. The third kappa shape index (κ3) is 6.80. The number of carbonyl (C=O) groups excluding carboxylic acids is 2. The number of aryl methyl sites for hydroxylation is 1. The number of rotatable bonds is 8. The molecule has 0 saturated carbocycles. The largest absolute Gasteiger partial charge is 0.453 e. The highest BCUT2D eigenvalue weighted by Crippen LogP contribution is 2.08. The fourth-order valence-electron chi connectivity index (χ4n) is 2.18. The highest BCUT2D eigenvalue weighted by atomic mass is 32.2. The van der Waals surface area contributed by atoms with E-state index in [1.54, 1.807) is 48.5 Å². The highest BCUT2D eigenvalue weighted by Gasteiger charge is 2.20. The van der Waals surface area contributed by atoms with Gasteiger partial charge in [0.25, 0.3) is 0 Å². The number of benzene rings is 2. The average Bonchev–Trinajstić information content (AvgIpc) is 2.66. The van der Waals surface area contributed by atoms with E-state index in [1.807, 2.05) is 13.0 Å². The number of nitrogens with one attached hydrogen (secondary N) is 1. The van der Waals surface area contributed by atoms with Gasteiger partial charge in [-0.05, 0) is 25.5 Å². The van der Waals surface area contributed by atoms with E-state index in [9.17, 15) is 18.0 Å². The van der Waals surface area contributed by atoms with Gasteiger partial charge in [-0.3, -0.25) is 9.59 Å². The molecule has 6 nitrogen and oxygen atoms in total. The second-order valence-electron chi connectivity index (χ2n) is 5.94. The highest BCUT2D eigenvalue weighted by molar-refractivity contribution is 7.92. The molecule has 1 atom stereocenters. The van der Waals surface area contributed by atoms with Gasteiger partial charge in [-0.25, -0.2) is 13.1 Å². The Balaban J connectivity index is 1.86. The predicted molar refractivity (Wildman–Crippen MR) is 103 cm³/mol. The summed E-state index contributed by atoms with van der Waals surface area (Å²) in [5, 5.41) is 0.969. The van der Waals surface area contributed by atoms with Crippen LogP contribution in [0.3, 0.4) is 0 Å². The molecule has 142 valence electrons. The fraction of sp³-hybridized carbons (Fsp3) is 0.200. The molecule has 27 heavy (non-hydrogen) atoms. The molecule has 0 saturated heterocycles. The van der Waals surface area contributed by atoms with Gasteiger partial charge in [-0.15, -0.1) is 0 Å². The van der Waals surface area contributed by atoms with E-state index in [1.165, 1.54) is 13.0 Å². The molecule has 2 aromatic carbocycles. The van der Waals surface area contributed by atoms with E-state index < -0.39 is 28.6 Å². The molecule has 2 rings (SSSR count). The van der Waals surface area contributed by atoms with Crippen LogP contribution in [0.4, 0.5) is 0 Å². The van der Waals surface area contributed by atoms with Crippen LogP contribution in [0.1, 0.15) is 28.4 Å². The number of ether oxygens (including phenoxy) is 1. The molecule has 0 aliphatic heterocycles. The number of Topliss-reactive ketones (excluding diaryl/α,β-unsaturated/α-hetero) is 1. The van der Waals surface area contributed by atoms with E-state index in [0.29, 0.717) is 11.1 Å². The Bertz CT molecular complexity index is 919. The summed E-state index contributed by atoms with van der Waals surface area (Å²) in [6.45, 7) is 2.78. The number of hydrogen-bond donors (Lipinski definition) is 1. The van der Waals surface area contributed by atoms with Gasteiger partial charge in [0.05, 0.1) is 0 Å². The van der Waals surface area contributed by atoms with Crippen LogP contribution in [0.5, 0.6) is 0 Å². The SMILES string of the molecule is Cc1ccc(C(=O)[C@@H](C)OC(=O)CNS(=O)(=O)/C=C/c2ccccc2)cc1. The fourth-order valence-corrected chi connectivity index (χ4v) is 2.94. The number of carbonyl (C=O) groups is 2. The van der Waals surface area contributed by atoms with Crippen molar-refractivity contribution in [1.29, 1.82) is 0 Å². The van der Waals surface area contributed by atoms with Crippen molar-refractivity contribution >= 4 is 27.9 Å². The second-order valence-corrected chi connectivity index (χ2v) is 7.59. The van der Waals surface area contributed by atoms with Crippen LogP contribution < -0.4 is 4.72 Å². The van der Waals surface area contributed by atoms with Gasteiger partial charge in [-0.2, -0.15) is 0 Å². The lowest BCUT2D eigenvalue weighted by Crippen LogP contribution is -2.33. The number of hydrogen-bond acceptors (Lipinski definition) is 5. The van der Waals surface area contributed by atoms with Crippen LogP contribution in [0.15, 0.2) is 60.0 Å². The number of sulfonamides is 1. The monoisotopic (exact) mass is 387 g/mol. The topological polar surface area (TPSA) is 89.5 Å². The minimum absolute atomic E-state index is 0.352. The van der Waals surface area contributed by atoms with E-state index in [-0.39, 0.29) is 5.78 Å². The molecule has 0 heterocycles. The normalized spacial score (nSPS) is 12.7. The summed E-state index contributed by atoms with van der Waals surface area (Å²) in [6.07, 6.45) is 0.404. The molecule has 0 radical (unpaired) electrons. The molecule has 0 spiro atoms. The minimum atomic E-state index is -3.80. The maximum atomic E-state index is 12.2. The van der Waals surface area contributed by atoms with Crippen molar-refractivity contribution in [2.45, 2.75) is 20.0 Å². The van der Waals surface area contributed by atoms with Crippen LogP contribution in [-0.4, -0.2) is 32.8 Å². The molecule has 0 unspecified atom stereocenters. The summed E-state index contributed by atoms with van der Waals surface area (Å²) in [6, 6.07) is 15.8. The van der Waals surface area contributed by atoms with Gasteiger partial charge in [-0.1, -0.05) is 60.2 Å². The molecule has 1 N–H and O–H groups in total. The zero-order chi connectivity index (χ0) is 19.9. The van der Waals surface area contributed by atoms with Gasteiger partial charge < -0.3 is 4.74 Å². The minimum Gasteiger partial charge on any atom is -0.453 e. The van der Waals surface area contributed by atoms with Crippen LogP contribution in [0.2, 0.25) is 0 Å². The molecular weight excluding hydrogens is 366 g/mol. The van der Waals surface area contributed by atoms with Gasteiger partial charge in [0.15, 0.2) is 6.10 Å². The van der Waals surface area contributed by atoms with Crippen molar-refractivity contribution in [2.24, 2.45) is 0 Å². The number of esters is 1. The number of ketones is 1. The average molecular weight is 387 g/mol. The lowest BCUT2D eigenvalue weighted by molar-refractivity contribution is -0.144. The Morgan fingerprint density at radius 1 is 1.07 bits per heavy atom. The third-order valence-electron chi connectivity index (χ3n) is 3.67. The van der Waals surface area contributed by atoms with Crippen LogP contribution in [-0.2, 0) is 19.6 Å². The van der Waals surface area contributed by atoms with Gasteiger partial charge in [0.1, 0.15) is 6.54 Å². The van der Waals surface area contributed by atoms with Gasteiger partial charge in [0.2, 0.25) is 15.8 Å². The lowest BCUT2D eigenvalue weighted by atomic mass is 10.1. The Morgan fingerprint density at radius 2 is 1.70 bits per heavy atom. The van der Waals surface area contributed by atoms with Crippen molar-refractivity contribution < 1.29 is 22.7 Å². The molecule has 0 aliphatic rings. The molecular formula is C20H21NO5S. The Labute approximate surface area is 158 Å². The van der Waals surface area contributed by atoms with Crippen molar-refractivity contribution in [3.8, 4) is 0 Å². The first-order valence-electron chi connectivity index (χ1n) is 8.30. The van der Waals surface area contributed by atoms with Crippen LogP contribution >= 0.6 is 0 Å². The lowest BCUT2D eigenvalue weighted by Gasteiger charge is -2.12. The Hall–Kier alpha value is -2.77. The smallest absolute Gasteiger partial charge is 0.321 e. The maximum absolute atomic E-state index is 12.2. The molecule has 2 aromatic rings. The maximum Gasteiger partial charge on any atom is 0.321 e. The van der Waals surface area contributed by atoms with Crippen molar-refractivity contribution in [3.05, 3.63) is 76.7 Å². The Kier molecular flexibility index (Phi) is 7.04. The van der Waals surface area contributed by atoms with Crippen molar-refractivity contribution in [1.82, 2.24) is 4.72 Å². The zero-order valence-electron chi connectivity index (χ0n) is 15.1. The predicted octanol–water partition coefficient (Wildman–Crippen LogP) is 2.70. The summed E-state index contributed by atoms with van der Waals surface area (Å²) in [5.74, 6) is -1.19. The second kappa shape index (κ2) is 9.25. The molecule has 0 aliphatic carbocycles. The molecule has 0 fully saturated rings. The third-order valence-corrected chi connectivity index (χ3v) is 4.71. The first-order valence-corrected chi connectivity index (χ1v) is 9.84. The van der Waals surface area contributed by atoms with Gasteiger partial charge >= 0.3 is 5.97 Å². The summed E-state index contributed by atoms with van der Waals surface area (Å²) < 4.78 is 31.0. The van der Waals surface area contributed by atoms with Crippen LogP contribution in [0, 0.1) is 6.92 Å². The standard InChI is InChI=1S/C20H21NO5S/c1-15-8-10-18(11-9-15)20(23)16(2)26-19(22)14-21-27(24,25)13-12-17-6-4-3-5-7-17/h3-13,16,21H,14H2,1-2H3/b13-12+/t16-/m1/s1. The molecule has 0 aromatic heterocycles. The molecule has 0 bridgehead atoms. The van der Waals surface area contributed by atoms with E-state index in [4.69, 9.17) is 4.74 Å². The summed E-state index contributed by atoms with van der Waals surface area (Å²) >= 11 is 0. The van der Waals surface area contributed by atoms with Gasteiger partial charge in [0, 0.05) is 11.0 Å². The van der Waals surface area contributed by atoms with Crippen LogP contribution in [0.25, 0.3) is 6.08 Å². The molecule has 7 heteroatoms. The molecule has 0 amide bonds. The van der Waals surface area contributed by atoms with Crippen molar-refractivity contribution in [2.75, 3.05) is 6.54 Å². The summed E-state index contributed by atoms with van der Waals surface area (Å²) in [7, 11) is -3.80.